The highest BCUT2D eigenvalue weighted by molar-refractivity contribution is 5.72. The topological polar surface area (TPSA) is 69.6 Å². The van der Waals surface area contributed by atoms with E-state index in [1.54, 1.807) is 7.05 Å². The van der Waals surface area contributed by atoms with Crippen molar-refractivity contribution in [1.82, 2.24) is 10.2 Å². The van der Waals surface area contributed by atoms with E-state index < -0.39 is 5.97 Å². The fourth-order valence-electron chi connectivity index (χ4n) is 1.53. The third kappa shape index (κ3) is 6.39. The van der Waals surface area contributed by atoms with Crippen molar-refractivity contribution in [2.24, 2.45) is 11.8 Å². The van der Waals surface area contributed by atoms with Gasteiger partial charge in [-0.3, -0.25) is 14.9 Å². The van der Waals surface area contributed by atoms with Crippen LogP contribution in [-0.4, -0.2) is 42.1 Å². The lowest BCUT2D eigenvalue weighted by molar-refractivity contribution is -0.138. The molecule has 2 N–H and O–H groups in total. The zero-order valence-corrected chi connectivity index (χ0v) is 11.7. The first-order valence-electron chi connectivity index (χ1n) is 6.08. The summed E-state index contributed by atoms with van der Waals surface area (Å²) < 4.78 is 0. The number of carboxylic acid groups (broad SMARTS) is 1. The van der Waals surface area contributed by atoms with Gasteiger partial charge < -0.3 is 10.0 Å². The summed E-state index contributed by atoms with van der Waals surface area (Å²) in [5.41, 5.74) is 0.926. The van der Waals surface area contributed by atoms with Crippen LogP contribution in [0.5, 0.6) is 0 Å². The van der Waals surface area contributed by atoms with E-state index in [-0.39, 0.29) is 24.2 Å². The number of rotatable bonds is 8. The van der Waals surface area contributed by atoms with Gasteiger partial charge in [0, 0.05) is 26.4 Å². The highest BCUT2D eigenvalue weighted by atomic mass is 16.4. The van der Waals surface area contributed by atoms with Crippen molar-refractivity contribution in [2.75, 3.05) is 20.3 Å². The zero-order valence-electron chi connectivity index (χ0n) is 11.7. The van der Waals surface area contributed by atoms with Crippen molar-refractivity contribution in [2.45, 2.75) is 27.2 Å². The molecule has 0 spiro atoms. The molecule has 0 aliphatic carbocycles. The standard InChI is InChI=1S/C13H24N2O3/c1-9(2)10(3)12(6-13(17)18)7-14-8-15(5)11(4)16/h9,12,14H,3,6-8H2,1-2,4-5H3,(H,17,18). The summed E-state index contributed by atoms with van der Waals surface area (Å²) in [6.45, 7) is 10.4. The molecule has 0 aromatic carbocycles. The smallest absolute Gasteiger partial charge is 0.304 e. The van der Waals surface area contributed by atoms with Crippen LogP contribution in [0.25, 0.3) is 0 Å². The van der Waals surface area contributed by atoms with Crippen molar-refractivity contribution >= 4 is 11.9 Å². The molecule has 0 saturated carbocycles. The Bertz CT molecular complexity index is 313. The van der Waals surface area contributed by atoms with Gasteiger partial charge in [0.25, 0.3) is 0 Å². The van der Waals surface area contributed by atoms with Crippen LogP contribution in [0.3, 0.4) is 0 Å². The van der Waals surface area contributed by atoms with Gasteiger partial charge >= 0.3 is 5.97 Å². The molecular weight excluding hydrogens is 232 g/mol. The summed E-state index contributed by atoms with van der Waals surface area (Å²) in [6.07, 6.45) is 0.0633. The molecule has 0 aliphatic heterocycles. The van der Waals surface area contributed by atoms with E-state index in [4.69, 9.17) is 5.11 Å². The quantitative estimate of drug-likeness (QED) is 0.507. The molecule has 5 nitrogen and oxygen atoms in total. The Morgan fingerprint density at radius 2 is 1.94 bits per heavy atom. The number of carbonyl (C=O) groups is 2. The number of nitrogens with one attached hydrogen (secondary N) is 1. The zero-order chi connectivity index (χ0) is 14.3. The van der Waals surface area contributed by atoms with Crippen molar-refractivity contribution in [3.05, 3.63) is 12.2 Å². The minimum absolute atomic E-state index is 0.0278. The van der Waals surface area contributed by atoms with Crippen molar-refractivity contribution in [3.8, 4) is 0 Å². The van der Waals surface area contributed by atoms with Gasteiger partial charge in [-0.2, -0.15) is 0 Å². The van der Waals surface area contributed by atoms with Crippen LogP contribution in [0.4, 0.5) is 0 Å². The van der Waals surface area contributed by atoms with Crippen molar-refractivity contribution in [1.29, 1.82) is 0 Å². The normalized spacial score (nSPS) is 12.3. The monoisotopic (exact) mass is 256 g/mol. The van der Waals surface area contributed by atoms with E-state index in [0.29, 0.717) is 13.2 Å². The molecule has 0 saturated heterocycles. The number of amides is 1. The van der Waals surface area contributed by atoms with Gasteiger partial charge in [0.15, 0.2) is 0 Å². The first-order chi connectivity index (χ1) is 8.25. The minimum atomic E-state index is -0.830. The molecule has 0 fully saturated rings. The van der Waals surface area contributed by atoms with Crippen LogP contribution in [-0.2, 0) is 9.59 Å². The number of hydrogen-bond donors (Lipinski definition) is 2. The number of carboxylic acids is 1. The second kappa shape index (κ2) is 7.87. The predicted molar refractivity (Wildman–Crippen MR) is 71.0 cm³/mol. The van der Waals surface area contributed by atoms with E-state index in [9.17, 15) is 9.59 Å². The highest BCUT2D eigenvalue weighted by Crippen LogP contribution is 2.20. The summed E-state index contributed by atoms with van der Waals surface area (Å²) in [7, 11) is 1.69. The third-order valence-electron chi connectivity index (χ3n) is 2.96. The van der Waals surface area contributed by atoms with Crippen LogP contribution in [0.2, 0.25) is 0 Å². The molecular formula is C13H24N2O3. The molecule has 0 aliphatic rings. The third-order valence-corrected chi connectivity index (χ3v) is 2.96. The highest BCUT2D eigenvalue weighted by Gasteiger charge is 2.18. The fourth-order valence-corrected chi connectivity index (χ4v) is 1.53. The second-order valence-corrected chi connectivity index (χ2v) is 4.85. The predicted octanol–water partition coefficient (Wildman–Crippen LogP) is 1.31. The summed E-state index contributed by atoms with van der Waals surface area (Å²) in [5, 5.41) is 12.0. The van der Waals surface area contributed by atoms with E-state index in [1.165, 1.54) is 11.8 Å². The van der Waals surface area contributed by atoms with Gasteiger partial charge in [0.05, 0.1) is 13.1 Å². The fraction of sp³-hybridized carbons (Fsp3) is 0.692. The molecule has 1 atom stereocenters. The Labute approximate surface area is 109 Å². The largest absolute Gasteiger partial charge is 0.481 e. The Balaban J connectivity index is 4.29. The average Bonchev–Trinajstić information content (AvgIpc) is 2.25. The lowest BCUT2D eigenvalue weighted by atomic mass is 9.89. The molecule has 1 amide bonds. The first-order valence-corrected chi connectivity index (χ1v) is 6.08. The van der Waals surface area contributed by atoms with Gasteiger partial charge in [-0.1, -0.05) is 26.0 Å². The Hall–Kier alpha value is -1.36. The van der Waals surface area contributed by atoms with Gasteiger partial charge in [0.1, 0.15) is 0 Å². The Kier molecular flexibility index (Phi) is 7.27. The number of aliphatic carboxylic acids is 1. The summed E-state index contributed by atoms with van der Waals surface area (Å²) >= 11 is 0. The maximum absolute atomic E-state index is 11.0. The van der Waals surface area contributed by atoms with Crippen molar-refractivity contribution in [3.63, 3.8) is 0 Å². The first kappa shape index (κ1) is 16.6. The van der Waals surface area contributed by atoms with E-state index in [0.717, 1.165) is 5.57 Å². The maximum atomic E-state index is 11.0. The van der Waals surface area contributed by atoms with Crippen LogP contribution >= 0.6 is 0 Å². The number of carbonyl (C=O) groups excluding carboxylic acids is 1. The Morgan fingerprint density at radius 1 is 1.39 bits per heavy atom. The van der Waals surface area contributed by atoms with Crippen LogP contribution in [0.15, 0.2) is 12.2 Å². The van der Waals surface area contributed by atoms with E-state index in [1.807, 2.05) is 13.8 Å². The molecule has 1 unspecified atom stereocenters. The molecule has 5 heteroatoms. The van der Waals surface area contributed by atoms with Gasteiger partial charge in [-0.15, -0.1) is 0 Å². The maximum Gasteiger partial charge on any atom is 0.304 e. The summed E-state index contributed by atoms with van der Waals surface area (Å²) in [5.74, 6) is -0.715. The SMILES string of the molecule is C=C(C(C)C)C(CNCN(C)C(C)=O)CC(=O)O. The van der Waals surface area contributed by atoms with Gasteiger partial charge in [-0.05, 0) is 5.92 Å². The van der Waals surface area contributed by atoms with Crippen LogP contribution in [0, 0.1) is 11.8 Å². The molecule has 0 heterocycles. The molecule has 0 aromatic heterocycles. The Morgan fingerprint density at radius 3 is 2.33 bits per heavy atom. The van der Waals surface area contributed by atoms with Crippen LogP contribution < -0.4 is 5.32 Å². The molecule has 0 bridgehead atoms. The molecule has 0 radical (unpaired) electrons. The lowest BCUT2D eigenvalue weighted by Crippen LogP contribution is -2.37. The second-order valence-electron chi connectivity index (χ2n) is 4.85. The molecule has 0 aromatic rings. The van der Waals surface area contributed by atoms with Gasteiger partial charge in [0.2, 0.25) is 5.91 Å². The number of nitrogens with zero attached hydrogens (tertiary/aromatic N) is 1. The van der Waals surface area contributed by atoms with Crippen molar-refractivity contribution < 1.29 is 14.7 Å². The molecule has 104 valence electrons. The van der Waals surface area contributed by atoms with Gasteiger partial charge in [-0.25, -0.2) is 0 Å². The van der Waals surface area contributed by atoms with E-state index in [2.05, 4.69) is 11.9 Å². The molecule has 18 heavy (non-hydrogen) atoms. The average molecular weight is 256 g/mol. The van der Waals surface area contributed by atoms with E-state index >= 15 is 0 Å². The summed E-state index contributed by atoms with van der Waals surface area (Å²) in [4.78, 5) is 23.4. The van der Waals surface area contributed by atoms with Crippen LogP contribution in [0.1, 0.15) is 27.2 Å². The summed E-state index contributed by atoms with van der Waals surface area (Å²) in [6, 6.07) is 0. The molecule has 0 rings (SSSR count). The number of hydrogen-bond acceptors (Lipinski definition) is 3. The lowest BCUT2D eigenvalue weighted by Gasteiger charge is -2.23. The minimum Gasteiger partial charge on any atom is -0.481 e.